The molecule has 0 heterocycles. The lowest BCUT2D eigenvalue weighted by atomic mass is 10.2. The first-order valence-corrected chi connectivity index (χ1v) is 5.71. The van der Waals surface area contributed by atoms with Gasteiger partial charge in [0, 0.05) is 0 Å². The van der Waals surface area contributed by atoms with E-state index in [0.29, 0.717) is 11.3 Å². The molecule has 0 saturated carbocycles. The van der Waals surface area contributed by atoms with Gasteiger partial charge in [0.1, 0.15) is 5.60 Å². The molecule has 1 aromatic rings. The number of benzene rings is 1. The van der Waals surface area contributed by atoms with E-state index in [9.17, 15) is 9.90 Å². The van der Waals surface area contributed by atoms with Gasteiger partial charge in [-0.1, -0.05) is 0 Å². The number of carbonyl (C=O) groups is 1. The fraction of sp³-hybridized carbons (Fsp3) is 0.385. The first kappa shape index (κ1) is 14.8. The minimum atomic E-state index is -0.638. The number of carbonyl (C=O) groups excluding carboxylic acids is 1. The molecule has 104 valence electrons. The van der Waals surface area contributed by atoms with Crippen LogP contribution in [0.2, 0.25) is 0 Å². The van der Waals surface area contributed by atoms with E-state index in [0.717, 1.165) is 0 Å². The first-order valence-electron chi connectivity index (χ1n) is 5.71. The molecule has 2 N–H and O–H groups in total. The Morgan fingerprint density at radius 3 is 2.63 bits per heavy atom. The van der Waals surface area contributed by atoms with Gasteiger partial charge in [0.15, 0.2) is 11.5 Å². The molecule has 19 heavy (non-hydrogen) atoms. The number of methoxy groups -OCH3 is 1. The van der Waals surface area contributed by atoms with Crippen LogP contribution in [0, 0.1) is 0 Å². The summed E-state index contributed by atoms with van der Waals surface area (Å²) in [4.78, 5) is 11.3. The van der Waals surface area contributed by atoms with Crippen LogP contribution in [0.1, 0.15) is 26.3 Å². The average molecular weight is 266 g/mol. The number of ether oxygens (including phenoxy) is 2. The Bertz CT molecular complexity index is 478. The molecule has 0 bridgehead atoms. The molecule has 1 rings (SSSR count). The zero-order chi connectivity index (χ0) is 14.5. The van der Waals surface area contributed by atoms with Crippen molar-refractivity contribution < 1.29 is 19.4 Å². The van der Waals surface area contributed by atoms with Gasteiger partial charge >= 0.3 is 6.09 Å². The van der Waals surface area contributed by atoms with Gasteiger partial charge in [-0.25, -0.2) is 10.2 Å². The molecule has 0 radical (unpaired) electrons. The maximum Gasteiger partial charge on any atom is 0.428 e. The number of hydrazone groups is 1. The molecule has 0 aliphatic heterocycles. The Hall–Kier alpha value is -2.24. The molecule has 6 heteroatoms. The highest BCUT2D eigenvalue weighted by Crippen LogP contribution is 2.25. The van der Waals surface area contributed by atoms with Crippen LogP contribution in [0.4, 0.5) is 4.79 Å². The van der Waals surface area contributed by atoms with E-state index in [1.54, 1.807) is 32.9 Å². The lowest BCUT2D eigenvalue weighted by Crippen LogP contribution is -2.29. The summed E-state index contributed by atoms with van der Waals surface area (Å²) in [6, 6.07) is 4.77. The molecule has 0 aliphatic carbocycles. The second-order valence-corrected chi connectivity index (χ2v) is 4.80. The molecule has 1 amide bonds. The third kappa shape index (κ3) is 5.29. The van der Waals surface area contributed by atoms with Crippen molar-refractivity contribution in [3.8, 4) is 11.5 Å². The minimum Gasteiger partial charge on any atom is -0.504 e. The first-order chi connectivity index (χ1) is 8.81. The third-order valence-corrected chi connectivity index (χ3v) is 1.97. The van der Waals surface area contributed by atoms with E-state index in [-0.39, 0.29) is 5.75 Å². The molecule has 0 saturated heterocycles. The van der Waals surface area contributed by atoms with Gasteiger partial charge in [0.05, 0.1) is 13.3 Å². The SMILES string of the molecule is COc1ccc(C=NNC(=O)OC(C)(C)C)cc1O. The van der Waals surface area contributed by atoms with Gasteiger partial charge in [-0.2, -0.15) is 5.10 Å². The number of hydrogen-bond acceptors (Lipinski definition) is 5. The maximum atomic E-state index is 11.3. The van der Waals surface area contributed by atoms with Crippen molar-refractivity contribution in [3.63, 3.8) is 0 Å². The van der Waals surface area contributed by atoms with E-state index in [2.05, 4.69) is 10.5 Å². The number of phenols is 1. The summed E-state index contributed by atoms with van der Waals surface area (Å²) in [5, 5.41) is 13.3. The predicted molar refractivity (Wildman–Crippen MR) is 71.6 cm³/mol. The summed E-state index contributed by atoms with van der Waals surface area (Å²) in [5.41, 5.74) is 2.28. The van der Waals surface area contributed by atoms with Crippen molar-refractivity contribution in [1.82, 2.24) is 5.43 Å². The highest BCUT2D eigenvalue weighted by Gasteiger charge is 2.15. The van der Waals surface area contributed by atoms with E-state index >= 15 is 0 Å². The second-order valence-electron chi connectivity index (χ2n) is 4.80. The van der Waals surface area contributed by atoms with Crippen molar-refractivity contribution in [2.45, 2.75) is 26.4 Å². The smallest absolute Gasteiger partial charge is 0.428 e. The van der Waals surface area contributed by atoms with Gasteiger partial charge in [-0.15, -0.1) is 0 Å². The van der Waals surface area contributed by atoms with Gasteiger partial charge in [0.25, 0.3) is 0 Å². The van der Waals surface area contributed by atoms with E-state index in [1.165, 1.54) is 19.4 Å². The number of nitrogens with zero attached hydrogens (tertiary/aromatic N) is 1. The number of amides is 1. The van der Waals surface area contributed by atoms with Crippen LogP contribution in [0.15, 0.2) is 23.3 Å². The highest BCUT2D eigenvalue weighted by molar-refractivity contribution is 5.82. The number of nitrogens with one attached hydrogen (secondary N) is 1. The second kappa shape index (κ2) is 6.08. The predicted octanol–water partition coefficient (Wildman–Crippen LogP) is 2.26. The molecule has 0 aromatic heterocycles. The Balaban J connectivity index is 2.58. The van der Waals surface area contributed by atoms with Crippen LogP contribution in [-0.2, 0) is 4.74 Å². The number of phenolic OH excluding ortho intramolecular Hbond substituents is 1. The van der Waals surface area contributed by atoms with Gasteiger partial charge in [-0.3, -0.25) is 0 Å². The number of aromatic hydroxyl groups is 1. The largest absolute Gasteiger partial charge is 0.504 e. The van der Waals surface area contributed by atoms with Gasteiger partial charge in [0.2, 0.25) is 0 Å². The van der Waals surface area contributed by atoms with Crippen LogP contribution < -0.4 is 10.2 Å². The summed E-state index contributed by atoms with van der Waals surface area (Å²) in [7, 11) is 1.47. The van der Waals surface area contributed by atoms with E-state index < -0.39 is 11.7 Å². The van der Waals surface area contributed by atoms with Crippen molar-refractivity contribution in [2.24, 2.45) is 5.10 Å². The molecular weight excluding hydrogens is 248 g/mol. The summed E-state index contributed by atoms with van der Waals surface area (Å²) >= 11 is 0. The van der Waals surface area contributed by atoms with E-state index in [4.69, 9.17) is 9.47 Å². The van der Waals surface area contributed by atoms with Crippen LogP contribution >= 0.6 is 0 Å². The topological polar surface area (TPSA) is 80.2 Å². The van der Waals surface area contributed by atoms with E-state index in [1.807, 2.05) is 0 Å². The monoisotopic (exact) mass is 266 g/mol. The summed E-state index contributed by atoms with van der Waals surface area (Å²) < 4.78 is 9.92. The van der Waals surface area contributed by atoms with Crippen molar-refractivity contribution >= 4 is 12.3 Å². The number of rotatable bonds is 3. The molecule has 1 aromatic carbocycles. The van der Waals surface area contributed by atoms with Crippen LogP contribution in [-0.4, -0.2) is 30.1 Å². The maximum absolute atomic E-state index is 11.3. The van der Waals surface area contributed by atoms with Gasteiger partial charge in [-0.05, 0) is 44.5 Å². The molecule has 0 atom stereocenters. The van der Waals surface area contributed by atoms with Crippen LogP contribution in [0.3, 0.4) is 0 Å². The Kier molecular flexibility index (Phi) is 4.74. The third-order valence-electron chi connectivity index (χ3n) is 1.97. The normalized spacial score (nSPS) is 11.4. The Labute approximate surface area is 112 Å². The Morgan fingerprint density at radius 1 is 1.42 bits per heavy atom. The summed E-state index contributed by atoms with van der Waals surface area (Å²) in [5.74, 6) is 0.376. The van der Waals surface area contributed by atoms with Crippen molar-refractivity contribution in [3.05, 3.63) is 23.8 Å². The summed E-state index contributed by atoms with van der Waals surface area (Å²) in [6.45, 7) is 5.29. The molecule has 6 nitrogen and oxygen atoms in total. The van der Waals surface area contributed by atoms with Crippen molar-refractivity contribution in [2.75, 3.05) is 7.11 Å². The van der Waals surface area contributed by atoms with Gasteiger partial charge < -0.3 is 14.6 Å². The quantitative estimate of drug-likeness (QED) is 0.649. The summed E-state index contributed by atoms with van der Waals surface area (Å²) in [6.07, 6.45) is 0.754. The van der Waals surface area contributed by atoms with Crippen molar-refractivity contribution in [1.29, 1.82) is 0 Å². The molecule has 0 aliphatic rings. The fourth-order valence-corrected chi connectivity index (χ4v) is 1.25. The number of hydrogen-bond donors (Lipinski definition) is 2. The highest BCUT2D eigenvalue weighted by atomic mass is 16.6. The minimum absolute atomic E-state index is 0.00344. The standard InChI is InChI=1S/C13H18N2O4/c1-13(2,3)19-12(17)15-14-8-9-5-6-11(18-4)10(16)7-9/h5-8,16H,1-4H3,(H,15,17). The Morgan fingerprint density at radius 2 is 2.11 bits per heavy atom. The molecule has 0 spiro atoms. The lowest BCUT2D eigenvalue weighted by Gasteiger charge is -2.18. The lowest BCUT2D eigenvalue weighted by molar-refractivity contribution is 0.0529. The molecule has 0 unspecified atom stereocenters. The zero-order valence-corrected chi connectivity index (χ0v) is 11.4. The van der Waals surface area contributed by atoms with Crippen LogP contribution in [0.25, 0.3) is 0 Å². The molecular formula is C13H18N2O4. The fourth-order valence-electron chi connectivity index (χ4n) is 1.25. The van der Waals surface area contributed by atoms with Crippen LogP contribution in [0.5, 0.6) is 11.5 Å². The zero-order valence-electron chi connectivity index (χ0n) is 11.4. The molecule has 0 fully saturated rings. The average Bonchev–Trinajstić information content (AvgIpc) is 2.26.